The number of amides is 2. The van der Waals surface area contributed by atoms with Gasteiger partial charge >= 0.3 is 7.82 Å². The standard InChI is InChI=1S/C16H33N2O7P/c1-7-9-17-12(19)8-10-18-14(21)13(20)16(5,6)11-24-26(22,23)25-15(2,3)4/h13,20H,7-11H2,1-6H3,(H,17,19)(H,18,21)(H,22,23). The Morgan fingerprint density at radius 3 is 2.19 bits per heavy atom. The Morgan fingerprint density at radius 1 is 1.12 bits per heavy atom. The topological polar surface area (TPSA) is 134 Å². The first-order valence-electron chi connectivity index (χ1n) is 8.61. The Hall–Kier alpha value is -0.990. The average Bonchev–Trinajstić information content (AvgIpc) is 2.48. The van der Waals surface area contributed by atoms with Gasteiger partial charge in [0.1, 0.15) is 6.10 Å². The van der Waals surface area contributed by atoms with Crippen molar-refractivity contribution in [3.8, 4) is 0 Å². The van der Waals surface area contributed by atoms with Crippen LogP contribution in [0.15, 0.2) is 0 Å². The molecule has 0 aliphatic rings. The minimum atomic E-state index is -4.32. The quantitative estimate of drug-likeness (QED) is 0.387. The molecule has 10 heteroatoms. The molecule has 0 fully saturated rings. The van der Waals surface area contributed by atoms with E-state index in [2.05, 4.69) is 10.6 Å². The van der Waals surface area contributed by atoms with Gasteiger partial charge in [-0.2, -0.15) is 0 Å². The second-order valence-electron chi connectivity index (χ2n) is 7.73. The Kier molecular flexibility index (Phi) is 9.98. The molecule has 26 heavy (non-hydrogen) atoms. The van der Waals surface area contributed by atoms with Crippen LogP contribution in [-0.2, 0) is 23.2 Å². The van der Waals surface area contributed by atoms with Crippen LogP contribution in [0.1, 0.15) is 54.4 Å². The second-order valence-corrected chi connectivity index (χ2v) is 9.11. The lowest BCUT2D eigenvalue weighted by Crippen LogP contribution is -2.46. The van der Waals surface area contributed by atoms with Gasteiger partial charge in [-0.15, -0.1) is 0 Å². The molecular weight excluding hydrogens is 363 g/mol. The van der Waals surface area contributed by atoms with Gasteiger partial charge < -0.3 is 20.6 Å². The number of phosphoric ester groups is 1. The molecule has 0 aromatic rings. The Labute approximate surface area is 155 Å². The highest BCUT2D eigenvalue weighted by molar-refractivity contribution is 7.47. The van der Waals surface area contributed by atoms with Gasteiger partial charge in [0, 0.05) is 24.9 Å². The molecule has 2 amide bonds. The van der Waals surface area contributed by atoms with E-state index >= 15 is 0 Å². The van der Waals surface area contributed by atoms with Crippen molar-refractivity contribution in [2.75, 3.05) is 19.7 Å². The fourth-order valence-corrected chi connectivity index (χ4v) is 3.04. The van der Waals surface area contributed by atoms with Gasteiger partial charge in [0.2, 0.25) is 11.8 Å². The molecule has 9 nitrogen and oxygen atoms in total. The number of aliphatic hydroxyl groups excluding tert-OH is 1. The lowest BCUT2D eigenvalue weighted by Gasteiger charge is -2.31. The summed E-state index contributed by atoms with van der Waals surface area (Å²) in [6.45, 7) is 10.0. The summed E-state index contributed by atoms with van der Waals surface area (Å²) >= 11 is 0. The minimum absolute atomic E-state index is 0.0774. The molecule has 0 rings (SSSR count). The van der Waals surface area contributed by atoms with Crippen LogP contribution in [0.2, 0.25) is 0 Å². The maximum Gasteiger partial charge on any atom is 0.472 e. The first-order chi connectivity index (χ1) is 11.7. The summed E-state index contributed by atoms with van der Waals surface area (Å²) < 4.78 is 21.7. The van der Waals surface area contributed by atoms with E-state index in [0.717, 1.165) is 6.42 Å². The molecule has 0 bridgehead atoms. The van der Waals surface area contributed by atoms with Gasteiger partial charge in [-0.25, -0.2) is 4.57 Å². The second kappa shape index (κ2) is 10.4. The first-order valence-corrected chi connectivity index (χ1v) is 10.1. The third kappa shape index (κ3) is 10.9. The van der Waals surface area contributed by atoms with Crippen molar-refractivity contribution in [1.82, 2.24) is 10.6 Å². The molecule has 154 valence electrons. The van der Waals surface area contributed by atoms with Crippen molar-refractivity contribution >= 4 is 19.6 Å². The minimum Gasteiger partial charge on any atom is -0.383 e. The summed E-state index contributed by atoms with van der Waals surface area (Å²) in [5.74, 6) is -0.879. The van der Waals surface area contributed by atoms with Crippen molar-refractivity contribution in [2.24, 2.45) is 5.41 Å². The van der Waals surface area contributed by atoms with Crippen LogP contribution in [0, 0.1) is 5.41 Å². The summed E-state index contributed by atoms with van der Waals surface area (Å²) in [7, 11) is -4.32. The molecule has 0 saturated heterocycles. The van der Waals surface area contributed by atoms with Crippen molar-refractivity contribution in [3.05, 3.63) is 0 Å². The van der Waals surface area contributed by atoms with E-state index in [-0.39, 0.29) is 25.5 Å². The third-order valence-corrected chi connectivity index (χ3v) is 4.43. The molecule has 0 aromatic carbocycles. The average molecular weight is 396 g/mol. The molecule has 2 unspecified atom stereocenters. The van der Waals surface area contributed by atoms with E-state index in [4.69, 9.17) is 9.05 Å². The number of hydrogen-bond donors (Lipinski definition) is 4. The van der Waals surface area contributed by atoms with Crippen LogP contribution in [0.5, 0.6) is 0 Å². The monoisotopic (exact) mass is 396 g/mol. The molecule has 0 aliphatic carbocycles. The first kappa shape index (κ1) is 25.0. The zero-order valence-electron chi connectivity index (χ0n) is 16.5. The highest BCUT2D eigenvalue weighted by Gasteiger charge is 2.38. The van der Waals surface area contributed by atoms with Crippen LogP contribution < -0.4 is 10.6 Å². The van der Waals surface area contributed by atoms with Gasteiger partial charge in [-0.05, 0) is 27.2 Å². The number of carbonyl (C=O) groups excluding carboxylic acids is 2. The van der Waals surface area contributed by atoms with Crippen molar-refractivity contribution in [1.29, 1.82) is 0 Å². The van der Waals surface area contributed by atoms with Crippen molar-refractivity contribution in [2.45, 2.75) is 66.1 Å². The lowest BCUT2D eigenvalue weighted by atomic mass is 9.87. The highest BCUT2D eigenvalue weighted by atomic mass is 31.2. The van der Waals surface area contributed by atoms with Crippen molar-refractivity contribution < 1.29 is 33.2 Å². The predicted octanol–water partition coefficient (Wildman–Crippen LogP) is 1.34. The number of hydrogen-bond acceptors (Lipinski definition) is 6. The highest BCUT2D eigenvalue weighted by Crippen LogP contribution is 2.48. The van der Waals surface area contributed by atoms with Crippen LogP contribution >= 0.6 is 7.82 Å². The number of carbonyl (C=O) groups is 2. The Balaban J connectivity index is 4.47. The normalized spacial score (nSPS) is 15.8. The fraction of sp³-hybridized carbons (Fsp3) is 0.875. The molecule has 0 aromatic heterocycles. The molecule has 0 saturated carbocycles. The number of phosphoric acid groups is 1. The SMILES string of the molecule is CCCNC(=O)CCNC(=O)C(O)C(C)(C)COP(=O)(O)OC(C)(C)C. The maximum absolute atomic E-state index is 12.0. The summed E-state index contributed by atoms with van der Waals surface area (Å²) in [5.41, 5.74) is -2.03. The Bertz CT molecular complexity index is 517. The molecule has 0 spiro atoms. The molecular formula is C16H33N2O7P. The van der Waals surface area contributed by atoms with Gasteiger partial charge in [-0.3, -0.25) is 18.6 Å². The van der Waals surface area contributed by atoms with Crippen LogP contribution in [0.4, 0.5) is 0 Å². The van der Waals surface area contributed by atoms with E-state index in [9.17, 15) is 24.2 Å². The lowest BCUT2D eigenvalue weighted by molar-refractivity contribution is -0.137. The summed E-state index contributed by atoms with van der Waals surface area (Å²) in [5, 5.41) is 15.3. The Morgan fingerprint density at radius 2 is 1.69 bits per heavy atom. The van der Waals surface area contributed by atoms with Crippen molar-refractivity contribution in [3.63, 3.8) is 0 Å². The fourth-order valence-electron chi connectivity index (χ4n) is 1.80. The van der Waals surface area contributed by atoms with E-state index in [1.54, 1.807) is 20.8 Å². The number of nitrogens with one attached hydrogen (secondary N) is 2. The predicted molar refractivity (Wildman–Crippen MR) is 97.3 cm³/mol. The van der Waals surface area contributed by atoms with Gasteiger partial charge in [0.05, 0.1) is 12.2 Å². The molecule has 0 aliphatic heterocycles. The molecule has 2 atom stereocenters. The van der Waals surface area contributed by atoms with E-state index in [1.165, 1.54) is 13.8 Å². The van der Waals surface area contributed by atoms with Gasteiger partial charge in [0.25, 0.3) is 0 Å². The maximum atomic E-state index is 12.0. The number of aliphatic hydroxyl groups is 1. The zero-order valence-corrected chi connectivity index (χ0v) is 17.4. The van der Waals surface area contributed by atoms with Crippen LogP contribution in [0.3, 0.4) is 0 Å². The smallest absolute Gasteiger partial charge is 0.383 e. The third-order valence-electron chi connectivity index (χ3n) is 3.20. The largest absolute Gasteiger partial charge is 0.472 e. The molecule has 0 heterocycles. The van der Waals surface area contributed by atoms with Crippen LogP contribution in [-0.4, -0.2) is 53.2 Å². The molecule has 4 N–H and O–H groups in total. The van der Waals surface area contributed by atoms with Gasteiger partial charge in [-0.1, -0.05) is 20.8 Å². The molecule has 0 radical (unpaired) electrons. The van der Waals surface area contributed by atoms with E-state index in [0.29, 0.717) is 6.54 Å². The summed E-state index contributed by atoms with van der Waals surface area (Å²) in [4.78, 5) is 33.2. The summed E-state index contributed by atoms with van der Waals surface area (Å²) in [6, 6.07) is 0. The zero-order chi connectivity index (χ0) is 20.6. The van der Waals surface area contributed by atoms with E-state index < -0.39 is 30.8 Å². The van der Waals surface area contributed by atoms with Crippen LogP contribution in [0.25, 0.3) is 0 Å². The van der Waals surface area contributed by atoms with E-state index in [1.807, 2.05) is 6.92 Å². The summed E-state index contributed by atoms with van der Waals surface area (Å²) in [6.07, 6.45) is -0.574. The van der Waals surface area contributed by atoms with Gasteiger partial charge in [0.15, 0.2) is 0 Å². The number of rotatable bonds is 11.